The number of nitrogens with two attached hydrogens (primary N) is 1. The lowest BCUT2D eigenvalue weighted by atomic mass is 9.80. The van der Waals surface area contributed by atoms with E-state index in [1.165, 1.54) is 5.56 Å². The first-order valence-electron chi connectivity index (χ1n) is 10.8. The minimum Gasteiger partial charge on any atom is -0.440 e. The highest BCUT2D eigenvalue weighted by Crippen LogP contribution is 2.43. The van der Waals surface area contributed by atoms with E-state index in [9.17, 15) is 5.26 Å². The summed E-state index contributed by atoms with van der Waals surface area (Å²) in [7, 11) is 0. The van der Waals surface area contributed by atoms with Gasteiger partial charge in [-0.3, -0.25) is 14.9 Å². The van der Waals surface area contributed by atoms with Gasteiger partial charge in [0.05, 0.1) is 5.92 Å². The van der Waals surface area contributed by atoms with Gasteiger partial charge in [0, 0.05) is 50.0 Å². The summed E-state index contributed by atoms with van der Waals surface area (Å²) < 4.78 is 6.11. The zero-order valence-electron chi connectivity index (χ0n) is 18.1. The van der Waals surface area contributed by atoms with Crippen LogP contribution in [0.3, 0.4) is 0 Å². The summed E-state index contributed by atoms with van der Waals surface area (Å²) in [4.78, 5) is 10.9. The second kappa shape index (κ2) is 9.11. The van der Waals surface area contributed by atoms with Gasteiger partial charge in [0.25, 0.3) is 0 Å². The topological polar surface area (TPSA) is 88.1 Å². The van der Waals surface area contributed by atoms with E-state index in [0.717, 1.165) is 34.6 Å². The van der Waals surface area contributed by atoms with Crippen molar-refractivity contribution >= 4 is 6.08 Å². The van der Waals surface area contributed by atoms with Crippen molar-refractivity contribution in [2.24, 2.45) is 5.73 Å². The van der Waals surface area contributed by atoms with Crippen molar-refractivity contribution in [3.63, 3.8) is 0 Å². The Hall–Kier alpha value is -4.21. The summed E-state index contributed by atoms with van der Waals surface area (Å²) in [6, 6.07) is 20.5. The lowest BCUT2D eigenvalue weighted by Crippen LogP contribution is -2.37. The van der Waals surface area contributed by atoms with Gasteiger partial charge in [-0.1, -0.05) is 42.5 Å². The van der Waals surface area contributed by atoms with Crippen LogP contribution < -0.4 is 5.73 Å². The Balaban J connectivity index is 1.62. The Morgan fingerprint density at radius 2 is 1.82 bits per heavy atom. The van der Waals surface area contributed by atoms with Crippen molar-refractivity contribution in [1.29, 1.82) is 5.26 Å². The van der Waals surface area contributed by atoms with Crippen LogP contribution in [0.25, 0.3) is 6.08 Å². The summed E-state index contributed by atoms with van der Waals surface area (Å²) in [5.41, 5.74) is 11.9. The molecule has 5 rings (SSSR count). The molecule has 33 heavy (non-hydrogen) atoms. The monoisotopic (exact) mass is 433 g/mol. The number of allylic oxidation sites excluding steroid dienone is 1. The maximum Gasteiger partial charge on any atom is 0.205 e. The molecule has 0 aliphatic carbocycles. The zero-order valence-corrected chi connectivity index (χ0v) is 18.1. The van der Waals surface area contributed by atoms with Gasteiger partial charge in [0.15, 0.2) is 0 Å². The van der Waals surface area contributed by atoms with Crippen LogP contribution in [0.4, 0.5) is 0 Å². The van der Waals surface area contributed by atoms with Crippen LogP contribution in [0, 0.1) is 11.3 Å². The zero-order chi connectivity index (χ0) is 22.6. The van der Waals surface area contributed by atoms with Crippen LogP contribution in [0.15, 0.2) is 108 Å². The van der Waals surface area contributed by atoms with Gasteiger partial charge in [-0.2, -0.15) is 5.26 Å². The highest BCUT2D eigenvalue weighted by Gasteiger charge is 2.37. The largest absolute Gasteiger partial charge is 0.440 e. The van der Waals surface area contributed by atoms with E-state index in [4.69, 9.17) is 10.5 Å². The second-order valence-corrected chi connectivity index (χ2v) is 8.15. The first-order valence-corrected chi connectivity index (χ1v) is 10.8. The van der Waals surface area contributed by atoms with Gasteiger partial charge < -0.3 is 10.5 Å². The Bertz CT molecular complexity index is 1270. The highest BCUT2D eigenvalue weighted by molar-refractivity contribution is 5.62. The third-order valence-electron chi connectivity index (χ3n) is 5.90. The molecule has 3 aromatic rings. The number of pyridine rings is 2. The van der Waals surface area contributed by atoms with Crippen LogP contribution >= 0.6 is 0 Å². The van der Waals surface area contributed by atoms with Crippen LogP contribution in [0.5, 0.6) is 0 Å². The quantitative estimate of drug-likeness (QED) is 0.665. The molecular formula is C27H23N5O. The van der Waals surface area contributed by atoms with E-state index in [2.05, 4.69) is 51.3 Å². The average Bonchev–Trinajstić information content (AvgIpc) is 2.85. The number of hydrogen-bond donors (Lipinski definition) is 1. The molecule has 162 valence electrons. The number of rotatable bonds is 4. The highest BCUT2D eigenvalue weighted by atomic mass is 16.5. The van der Waals surface area contributed by atoms with E-state index < -0.39 is 0 Å². The second-order valence-electron chi connectivity index (χ2n) is 8.15. The van der Waals surface area contributed by atoms with E-state index in [1.807, 2.05) is 36.5 Å². The maximum absolute atomic E-state index is 9.94. The average molecular weight is 434 g/mol. The number of hydrogen-bond acceptors (Lipinski definition) is 6. The molecule has 2 N–H and O–H groups in total. The molecule has 0 fully saturated rings. The predicted octanol–water partition coefficient (Wildman–Crippen LogP) is 4.14. The van der Waals surface area contributed by atoms with Crippen molar-refractivity contribution in [2.45, 2.75) is 12.5 Å². The van der Waals surface area contributed by atoms with Gasteiger partial charge in [-0.05, 0) is 40.5 Å². The number of nitrogens with zero attached hydrogens (tertiary/aromatic N) is 4. The number of benzene rings is 1. The summed E-state index contributed by atoms with van der Waals surface area (Å²) >= 11 is 0. The summed E-state index contributed by atoms with van der Waals surface area (Å²) in [6.07, 6.45) is 9.19. The number of aromatic nitrogens is 2. The lowest BCUT2D eigenvalue weighted by Gasteiger charge is -2.38. The molecule has 0 saturated carbocycles. The molecule has 0 bridgehead atoms. The van der Waals surface area contributed by atoms with Gasteiger partial charge in [0.1, 0.15) is 17.4 Å². The minimum absolute atomic E-state index is 0.152. The minimum atomic E-state index is -0.302. The molecule has 2 aromatic heterocycles. The molecule has 0 amide bonds. The lowest BCUT2D eigenvalue weighted by molar-refractivity contribution is 0.230. The normalized spacial score (nSPS) is 19.7. The fraction of sp³-hybridized carbons (Fsp3) is 0.148. The molecule has 1 unspecified atom stereocenters. The first kappa shape index (κ1) is 20.7. The molecule has 6 heteroatoms. The molecule has 2 aliphatic heterocycles. The summed E-state index contributed by atoms with van der Waals surface area (Å²) in [5, 5.41) is 9.94. The Kier molecular flexibility index (Phi) is 5.71. The van der Waals surface area contributed by atoms with Gasteiger partial charge in [-0.25, -0.2) is 0 Å². The molecule has 4 heterocycles. The smallest absolute Gasteiger partial charge is 0.205 e. The van der Waals surface area contributed by atoms with Crippen LogP contribution in [0.1, 0.15) is 22.6 Å². The third-order valence-corrected chi connectivity index (χ3v) is 5.90. The molecule has 1 atom stereocenters. The Morgan fingerprint density at radius 3 is 2.52 bits per heavy atom. The van der Waals surface area contributed by atoms with Crippen LogP contribution in [-0.4, -0.2) is 28.0 Å². The van der Waals surface area contributed by atoms with E-state index in [0.29, 0.717) is 18.7 Å². The summed E-state index contributed by atoms with van der Waals surface area (Å²) in [6.45, 7) is 2.13. The van der Waals surface area contributed by atoms with E-state index in [-0.39, 0.29) is 11.8 Å². The van der Waals surface area contributed by atoms with E-state index in [1.54, 1.807) is 18.6 Å². The Labute approximate surface area is 193 Å². The fourth-order valence-corrected chi connectivity index (χ4v) is 4.48. The van der Waals surface area contributed by atoms with Crippen LogP contribution in [-0.2, 0) is 11.3 Å². The predicted molar refractivity (Wildman–Crippen MR) is 126 cm³/mol. The molecule has 0 spiro atoms. The van der Waals surface area contributed by atoms with Crippen molar-refractivity contribution in [3.8, 4) is 6.07 Å². The SMILES string of the molecule is N#CC1=C(N)OC2=C(CN(Cc3ccccc3)C/C2=C/c2cccnc2)C1c1cccnc1. The Morgan fingerprint density at radius 1 is 1.03 bits per heavy atom. The van der Waals surface area contributed by atoms with Crippen molar-refractivity contribution in [1.82, 2.24) is 14.9 Å². The van der Waals surface area contributed by atoms with Gasteiger partial charge >= 0.3 is 0 Å². The number of nitriles is 1. The molecule has 1 aromatic carbocycles. The van der Waals surface area contributed by atoms with Crippen molar-refractivity contribution < 1.29 is 4.74 Å². The maximum atomic E-state index is 9.94. The molecule has 0 radical (unpaired) electrons. The fourth-order valence-electron chi connectivity index (χ4n) is 4.48. The standard InChI is InChI=1S/C27H23N5O/c28-13-23-25(21-9-5-11-31-15-21)24-18-32(16-19-6-2-1-3-7-19)17-22(26(24)33-27(23)29)12-20-8-4-10-30-14-20/h1-12,14-15,25H,16-18,29H2/b22-12-. The molecular weight excluding hydrogens is 410 g/mol. The first-order chi connectivity index (χ1) is 16.2. The van der Waals surface area contributed by atoms with E-state index >= 15 is 0 Å². The van der Waals surface area contributed by atoms with Crippen LogP contribution in [0.2, 0.25) is 0 Å². The molecule has 2 aliphatic rings. The van der Waals surface area contributed by atoms with Gasteiger partial charge in [-0.15, -0.1) is 0 Å². The number of ether oxygens (including phenoxy) is 1. The third kappa shape index (κ3) is 4.27. The van der Waals surface area contributed by atoms with Crippen molar-refractivity contribution in [2.75, 3.05) is 13.1 Å². The van der Waals surface area contributed by atoms with Gasteiger partial charge in [0.2, 0.25) is 5.88 Å². The molecule has 0 saturated heterocycles. The van der Waals surface area contributed by atoms with Crippen molar-refractivity contribution in [3.05, 3.63) is 124 Å². The molecule has 6 nitrogen and oxygen atoms in total. The summed E-state index contributed by atoms with van der Waals surface area (Å²) in [5.74, 6) is 0.593.